The highest BCUT2D eigenvalue weighted by Gasteiger charge is 2.16. The maximum absolute atomic E-state index is 13.6. The Kier molecular flexibility index (Phi) is 7.46. The molecule has 1 saturated heterocycles. The number of hydrogen-bond acceptors (Lipinski definition) is 6. The van der Waals surface area contributed by atoms with Crippen LogP contribution in [0.25, 0.3) is 5.69 Å². The van der Waals surface area contributed by atoms with E-state index in [9.17, 15) is 23.2 Å². The van der Waals surface area contributed by atoms with Crippen molar-refractivity contribution in [3.63, 3.8) is 0 Å². The van der Waals surface area contributed by atoms with Gasteiger partial charge in [0.25, 0.3) is 0 Å². The molecule has 3 aromatic rings. The van der Waals surface area contributed by atoms with Crippen LogP contribution >= 0.6 is 0 Å². The number of carbonyl (C=O) groups excluding carboxylic acids is 2. The van der Waals surface area contributed by atoms with E-state index < -0.39 is 17.7 Å². The molecule has 9 nitrogen and oxygen atoms in total. The molecule has 0 bridgehead atoms. The van der Waals surface area contributed by atoms with E-state index in [4.69, 9.17) is 4.74 Å². The van der Waals surface area contributed by atoms with Gasteiger partial charge in [0.2, 0.25) is 11.3 Å². The number of nitrogens with one attached hydrogen (secondary N) is 2. The SMILES string of the molecule is O=C1CN(CCOC(=O)Nc2cccc(Cc3nn(-c4ccc(F)c(F)c4)ccc3=O)c2)CCN1. The van der Waals surface area contributed by atoms with E-state index in [0.29, 0.717) is 30.9 Å². The Morgan fingerprint density at radius 2 is 1.97 bits per heavy atom. The maximum Gasteiger partial charge on any atom is 0.411 e. The normalized spacial score (nSPS) is 13.8. The average Bonchev–Trinajstić information content (AvgIpc) is 2.82. The van der Waals surface area contributed by atoms with Gasteiger partial charge >= 0.3 is 6.09 Å². The predicted molar refractivity (Wildman–Crippen MR) is 123 cm³/mol. The predicted octanol–water partition coefficient (Wildman–Crippen LogP) is 2.08. The first-order chi connectivity index (χ1) is 16.9. The number of nitrogens with zero attached hydrogens (tertiary/aromatic N) is 3. The minimum absolute atomic E-state index is 0.0537. The van der Waals surface area contributed by atoms with Crippen molar-refractivity contribution in [3.05, 3.63) is 87.8 Å². The molecule has 0 spiro atoms. The summed E-state index contributed by atoms with van der Waals surface area (Å²) in [6.45, 7) is 2.13. The largest absolute Gasteiger partial charge is 0.448 e. The van der Waals surface area contributed by atoms with Gasteiger partial charge in [0.15, 0.2) is 11.6 Å². The molecule has 0 aliphatic carbocycles. The minimum atomic E-state index is -1.02. The van der Waals surface area contributed by atoms with E-state index in [2.05, 4.69) is 15.7 Å². The van der Waals surface area contributed by atoms with Crippen LogP contribution in [0.2, 0.25) is 0 Å². The molecule has 182 valence electrons. The number of halogens is 2. The maximum atomic E-state index is 13.6. The molecule has 0 atom stereocenters. The van der Waals surface area contributed by atoms with Gasteiger partial charge < -0.3 is 10.1 Å². The summed E-state index contributed by atoms with van der Waals surface area (Å²) >= 11 is 0. The van der Waals surface area contributed by atoms with Gasteiger partial charge in [0.1, 0.15) is 12.3 Å². The standard InChI is InChI=1S/C24H23F2N5O4/c25-19-5-4-18(14-20(19)26)31-8-6-22(32)21(29-31)13-16-2-1-3-17(12-16)28-24(34)35-11-10-30-9-7-27-23(33)15-30/h1-6,8,12,14H,7,9-11,13,15H2,(H,27,33)(H,28,34). The third kappa shape index (κ3) is 6.48. The van der Waals surface area contributed by atoms with Crippen molar-refractivity contribution in [1.82, 2.24) is 20.0 Å². The van der Waals surface area contributed by atoms with Crippen LogP contribution in [-0.2, 0) is 16.0 Å². The van der Waals surface area contributed by atoms with Crippen molar-refractivity contribution in [2.24, 2.45) is 0 Å². The highest BCUT2D eigenvalue weighted by atomic mass is 19.2. The van der Waals surface area contributed by atoms with E-state index in [0.717, 1.165) is 12.1 Å². The summed E-state index contributed by atoms with van der Waals surface area (Å²) in [6.07, 6.45) is 0.899. The molecule has 2 amide bonds. The monoisotopic (exact) mass is 483 g/mol. The van der Waals surface area contributed by atoms with Crippen molar-refractivity contribution in [3.8, 4) is 5.69 Å². The molecule has 35 heavy (non-hydrogen) atoms. The molecule has 2 N–H and O–H groups in total. The molecule has 0 saturated carbocycles. The van der Waals surface area contributed by atoms with Gasteiger partial charge in [-0.05, 0) is 29.8 Å². The Bertz CT molecular complexity index is 1300. The Labute approximate surface area is 199 Å². The van der Waals surface area contributed by atoms with Gasteiger partial charge in [-0.3, -0.25) is 19.8 Å². The van der Waals surface area contributed by atoms with Crippen LogP contribution in [-0.4, -0.2) is 59.5 Å². The summed E-state index contributed by atoms with van der Waals surface area (Å²) in [5.41, 5.74) is 1.33. The molecule has 1 aromatic heterocycles. The van der Waals surface area contributed by atoms with E-state index in [1.807, 2.05) is 4.90 Å². The van der Waals surface area contributed by atoms with E-state index in [-0.39, 0.29) is 42.3 Å². The lowest BCUT2D eigenvalue weighted by Gasteiger charge is -2.25. The summed E-state index contributed by atoms with van der Waals surface area (Å²) in [7, 11) is 0. The number of hydrogen-bond donors (Lipinski definition) is 2. The number of anilines is 1. The summed E-state index contributed by atoms with van der Waals surface area (Å²) in [6, 6.07) is 11.5. The highest BCUT2D eigenvalue weighted by Crippen LogP contribution is 2.15. The molecule has 2 heterocycles. The first kappa shape index (κ1) is 24.0. The van der Waals surface area contributed by atoms with Gasteiger partial charge in [-0.15, -0.1) is 0 Å². The van der Waals surface area contributed by atoms with E-state index in [1.54, 1.807) is 24.3 Å². The molecule has 2 aromatic carbocycles. The number of amides is 2. The number of ether oxygens (including phenoxy) is 1. The van der Waals surface area contributed by atoms with Gasteiger partial charge in [-0.25, -0.2) is 18.3 Å². The fourth-order valence-electron chi connectivity index (χ4n) is 3.60. The fraction of sp³-hybridized carbons (Fsp3) is 0.250. The summed E-state index contributed by atoms with van der Waals surface area (Å²) in [5, 5.41) is 9.63. The molecule has 0 unspecified atom stereocenters. The minimum Gasteiger partial charge on any atom is -0.448 e. The second-order valence-corrected chi connectivity index (χ2v) is 7.93. The van der Waals surface area contributed by atoms with Crippen LogP contribution in [0.15, 0.2) is 59.5 Å². The van der Waals surface area contributed by atoms with Crippen molar-refractivity contribution >= 4 is 17.7 Å². The smallest absolute Gasteiger partial charge is 0.411 e. The van der Waals surface area contributed by atoms with Gasteiger partial charge in [-0.1, -0.05) is 12.1 Å². The zero-order valence-electron chi connectivity index (χ0n) is 18.7. The molecular weight excluding hydrogens is 460 g/mol. The van der Waals surface area contributed by atoms with Crippen LogP contribution in [0.1, 0.15) is 11.3 Å². The molecule has 1 fully saturated rings. The molecule has 1 aliphatic heterocycles. The number of piperazine rings is 1. The quantitative estimate of drug-likeness (QED) is 0.533. The van der Waals surface area contributed by atoms with Crippen molar-refractivity contribution < 1.29 is 23.1 Å². The lowest BCUT2D eigenvalue weighted by molar-refractivity contribution is -0.124. The number of aromatic nitrogens is 2. The molecule has 11 heteroatoms. The Hall–Kier alpha value is -4.12. The van der Waals surface area contributed by atoms with E-state index in [1.165, 1.54) is 23.0 Å². The van der Waals surface area contributed by atoms with Gasteiger partial charge in [-0.2, -0.15) is 5.10 Å². The zero-order chi connectivity index (χ0) is 24.8. The zero-order valence-corrected chi connectivity index (χ0v) is 18.7. The lowest BCUT2D eigenvalue weighted by Crippen LogP contribution is -2.48. The van der Waals surface area contributed by atoms with E-state index >= 15 is 0 Å². The van der Waals surface area contributed by atoms with Crippen LogP contribution < -0.4 is 16.1 Å². The lowest BCUT2D eigenvalue weighted by atomic mass is 10.1. The Balaban J connectivity index is 1.37. The molecular formula is C24H23F2N5O4. The third-order valence-corrected chi connectivity index (χ3v) is 5.35. The van der Waals surface area contributed by atoms with Crippen molar-refractivity contribution in [2.45, 2.75) is 6.42 Å². The van der Waals surface area contributed by atoms with Crippen molar-refractivity contribution in [2.75, 3.05) is 38.1 Å². The van der Waals surface area contributed by atoms with Gasteiger partial charge in [0.05, 0.1) is 12.2 Å². The number of carbonyl (C=O) groups is 2. The third-order valence-electron chi connectivity index (χ3n) is 5.35. The Morgan fingerprint density at radius 1 is 1.11 bits per heavy atom. The van der Waals surface area contributed by atoms with Crippen LogP contribution in [0, 0.1) is 11.6 Å². The summed E-state index contributed by atoms with van der Waals surface area (Å²) in [4.78, 5) is 37.8. The van der Waals surface area contributed by atoms with Crippen LogP contribution in [0.3, 0.4) is 0 Å². The second kappa shape index (κ2) is 10.9. The topological polar surface area (TPSA) is 106 Å². The number of rotatable bonds is 7. The average molecular weight is 483 g/mol. The van der Waals surface area contributed by atoms with Gasteiger partial charge in [0, 0.05) is 50.1 Å². The van der Waals surface area contributed by atoms with Crippen molar-refractivity contribution in [1.29, 1.82) is 0 Å². The Morgan fingerprint density at radius 3 is 2.77 bits per heavy atom. The molecule has 0 radical (unpaired) electrons. The number of benzene rings is 2. The summed E-state index contributed by atoms with van der Waals surface area (Å²) in [5.74, 6) is -2.05. The molecule has 1 aliphatic rings. The fourth-order valence-corrected chi connectivity index (χ4v) is 3.60. The molecule has 4 rings (SSSR count). The highest BCUT2D eigenvalue weighted by molar-refractivity contribution is 5.84. The first-order valence-corrected chi connectivity index (χ1v) is 10.9. The summed E-state index contributed by atoms with van der Waals surface area (Å²) < 4.78 is 33.3. The second-order valence-electron chi connectivity index (χ2n) is 7.93. The first-order valence-electron chi connectivity index (χ1n) is 10.9. The van der Waals surface area contributed by atoms with Crippen LogP contribution in [0.5, 0.6) is 0 Å². The van der Waals surface area contributed by atoms with Crippen LogP contribution in [0.4, 0.5) is 19.3 Å².